The zero-order valence-electron chi connectivity index (χ0n) is 15.8. The van der Waals surface area contributed by atoms with Crippen LogP contribution in [0.4, 0.5) is 5.69 Å². The van der Waals surface area contributed by atoms with E-state index in [0.29, 0.717) is 23.8 Å². The van der Waals surface area contributed by atoms with E-state index < -0.39 is 0 Å². The standard InChI is InChI=1S/C20H20N6O2S/c1-2-28-20(27)16-11-24-19-15(4-6-23-19)18(16)25-13-8-14(9-13)26-29-17-7-12(10-21)3-5-22-17/h3-7,11,13-14,26H,2,8-9H2,1H3,(H2,23,24,25)/t13-,14+. The zero-order valence-corrected chi connectivity index (χ0v) is 16.6. The number of carbonyl (C=O) groups excluding carboxylic acids is 1. The van der Waals surface area contributed by atoms with E-state index in [4.69, 9.17) is 10.00 Å². The van der Waals surface area contributed by atoms with Crippen LogP contribution in [-0.2, 0) is 4.74 Å². The Hall–Kier alpha value is -3.09. The predicted molar refractivity (Wildman–Crippen MR) is 110 cm³/mol. The second-order valence-electron chi connectivity index (χ2n) is 6.73. The van der Waals surface area contributed by atoms with Crippen LogP contribution in [0.3, 0.4) is 0 Å². The average Bonchev–Trinajstić information content (AvgIpc) is 3.19. The largest absolute Gasteiger partial charge is 0.462 e. The van der Waals surface area contributed by atoms with Crippen molar-refractivity contribution in [2.24, 2.45) is 0 Å². The molecule has 3 heterocycles. The molecule has 3 aromatic rings. The van der Waals surface area contributed by atoms with Crippen LogP contribution in [0.5, 0.6) is 0 Å². The molecule has 1 aliphatic carbocycles. The molecule has 3 N–H and O–H groups in total. The maximum Gasteiger partial charge on any atom is 0.341 e. The summed E-state index contributed by atoms with van der Waals surface area (Å²) in [6.45, 7) is 2.10. The Labute approximate surface area is 172 Å². The predicted octanol–water partition coefficient (Wildman–Crippen LogP) is 3.25. The first kappa shape index (κ1) is 19.2. The van der Waals surface area contributed by atoms with Crippen LogP contribution in [0.2, 0.25) is 0 Å². The quantitative estimate of drug-likeness (QED) is 0.403. The van der Waals surface area contributed by atoms with Crippen molar-refractivity contribution in [1.82, 2.24) is 19.7 Å². The van der Waals surface area contributed by atoms with Crippen molar-refractivity contribution in [3.8, 4) is 6.07 Å². The highest BCUT2D eigenvalue weighted by molar-refractivity contribution is 7.97. The van der Waals surface area contributed by atoms with Crippen molar-refractivity contribution in [1.29, 1.82) is 5.26 Å². The number of aromatic nitrogens is 3. The van der Waals surface area contributed by atoms with Gasteiger partial charge in [0.2, 0.25) is 0 Å². The van der Waals surface area contributed by atoms with Crippen LogP contribution in [0.1, 0.15) is 35.7 Å². The van der Waals surface area contributed by atoms with Gasteiger partial charge in [0.25, 0.3) is 0 Å². The number of aromatic amines is 1. The van der Waals surface area contributed by atoms with Crippen molar-refractivity contribution in [3.05, 3.63) is 47.9 Å². The van der Waals surface area contributed by atoms with Gasteiger partial charge in [0.15, 0.2) is 0 Å². The van der Waals surface area contributed by atoms with Gasteiger partial charge in [0.05, 0.1) is 23.9 Å². The van der Waals surface area contributed by atoms with Crippen LogP contribution >= 0.6 is 11.9 Å². The molecule has 0 saturated heterocycles. The molecule has 3 aromatic heterocycles. The molecular formula is C20H20N6O2S. The van der Waals surface area contributed by atoms with Crippen LogP contribution < -0.4 is 10.0 Å². The topological polar surface area (TPSA) is 116 Å². The molecule has 9 heteroatoms. The van der Waals surface area contributed by atoms with Crippen molar-refractivity contribution in [2.45, 2.75) is 36.9 Å². The van der Waals surface area contributed by atoms with Crippen LogP contribution in [0.15, 0.2) is 41.8 Å². The van der Waals surface area contributed by atoms with Crippen molar-refractivity contribution in [3.63, 3.8) is 0 Å². The van der Waals surface area contributed by atoms with E-state index in [0.717, 1.165) is 34.6 Å². The second kappa shape index (κ2) is 8.51. The molecular weight excluding hydrogens is 388 g/mol. The Kier molecular flexibility index (Phi) is 5.64. The van der Waals surface area contributed by atoms with Crippen molar-refractivity contribution < 1.29 is 9.53 Å². The summed E-state index contributed by atoms with van der Waals surface area (Å²) in [4.78, 5) is 24.0. The lowest BCUT2D eigenvalue weighted by atomic mass is 9.87. The first-order valence-electron chi connectivity index (χ1n) is 9.36. The minimum Gasteiger partial charge on any atom is -0.462 e. The molecule has 0 atom stereocenters. The first-order valence-corrected chi connectivity index (χ1v) is 10.2. The summed E-state index contributed by atoms with van der Waals surface area (Å²) in [6.07, 6.45) is 6.80. The molecule has 4 rings (SSSR count). The number of pyridine rings is 2. The lowest BCUT2D eigenvalue weighted by Gasteiger charge is -2.37. The number of esters is 1. The highest BCUT2D eigenvalue weighted by Gasteiger charge is 2.31. The number of nitrogens with one attached hydrogen (secondary N) is 3. The fourth-order valence-corrected chi connectivity index (χ4v) is 4.02. The molecule has 8 nitrogen and oxygen atoms in total. The van der Waals surface area contributed by atoms with E-state index in [2.05, 4.69) is 31.1 Å². The van der Waals surface area contributed by atoms with Gasteiger partial charge in [-0.3, -0.25) is 4.72 Å². The molecule has 0 aromatic carbocycles. The van der Waals surface area contributed by atoms with Gasteiger partial charge >= 0.3 is 5.97 Å². The Morgan fingerprint density at radius 2 is 2.24 bits per heavy atom. The minimum atomic E-state index is -0.376. The number of nitriles is 1. The maximum atomic E-state index is 12.3. The van der Waals surface area contributed by atoms with Gasteiger partial charge in [-0.15, -0.1) is 0 Å². The Morgan fingerprint density at radius 1 is 1.38 bits per heavy atom. The van der Waals surface area contributed by atoms with Crippen molar-refractivity contribution >= 4 is 34.6 Å². The van der Waals surface area contributed by atoms with Gasteiger partial charge in [0.1, 0.15) is 16.2 Å². The molecule has 0 aliphatic heterocycles. The summed E-state index contributed by atoms with van der Waals surface area (Å²) in [5.41, 5.74) is 2.53. The fraction of sp³-hybridized carbons (Fsp3) is 0.300. The summed E-state index contributed by atoms with van der Waals surface area (Å²) in [7, 11) is 0. The summed E-state index contributed by atoms with van der Waals surface area (Å²) >= 11 is 1.43. The highest BCUT2D eigenvalue weighted by Crippen LogP contribution is 2.32. The third-order valence-corrected chi connectivity index (χ3v) is 5.65. The molecule has 0 radical (unpaired) electrons. The third-order valence-electron chi connectivity index (χ3n) is 4.76. The van der Waals surface area contributed by atoms with Crippen LogP contribution in [0, 0.1) is 11.3 Å². The lowest BCUT2D eigenvalue weighted by Crippen LogP contribution is -2.45. The van der Waals surface area contributed by atoms with Crippen LogP contribution in [-0.4, -0.2) is 39.6 Å². The normalized spacial score (nSPS) is 18.1. The summed E-state index contributed by atoms with van der Waals surface area (Å²) in [5.74, 6) is -0.376. The van der Waals surface area contributed by atoms with E-state index in [1.54, 1.807) is 31.5 Å². The van der Waals surface area contributed by atoms with Gasteiger partial charge in [-0.1, -0.05) is 0 Å². The molecule has 0 spiro atoms. The molecule has 0 amide bonds. The minimum absolute atomic E-state index is 0.236. The number of rotatable bonds is 7. The highest BCUT2D eigenvalue weighted by atomic mass is 32.2. The molecule has 1 fully saturated rings. The molecule has 148 valence electrons. The molecule has 0 bridgehead atoms. The lowest BCUT2D eigenvalue weighted by molar-refractivity contribution is 0.0527. The molecule has 1 aliphatic rings. The van der Waals surface area contributed by atoms with E-state index in [9.17, 15) is 4.79 Å². The van der Waals surface area contributed by atoms with Gasteiger partial charge < -0.3 is 15.0 Å². The number of carbonyl (C=O) groups is 1. The Morgan fingerprint density at radius 3 is 3.03 bits per heavy atom. The average molecular weight is 408 g/mol. The number of hydrogen-bond acceptors (Lipinski definition) is 8. The van der Waals surface area contributed by atoms with E-state index in [1.807, 2.05) is 12.3 Å². The van der Waals surface area contributed by atoms with Gasteiger partial charge in [-0.2, -0.15) is 5.26 Å². The number of ether oxygens (including phenoxy) is 1. The summed E-state index contributed by atoms with van der Waals surface area (Å²) in [6, 6.07) is 8.03. The Bertz CT molecular complexity index is 1070. The first-order chi connectivity index (χ1) is 14.2. The van der Waals surface area contributed by atoms with Gasteiger partial charge in [-0.25, -0.2) is 14.8 Å². The van der Waals surface area contributed by atoms with Gasteiger partial charge in [-0.05, 0) is 49.9 Å². The number of fused-ring (bicyclic) bond motifs is 1. The number of nitrogens with zero attached hydrogens (tertiary/aromatic N) is 3. The molecule has 1 saturated carbocycles. The smallest absolute Gasteiger partial charge is 0.341 e. The van der Waals surface area contributed by atoms with Crippen molar-refractivity contribution in [2.75, 3.05) is 11.9 Å². The Balaban J connectivity index is 1.39. The number of H-pyrrole nitrogens is 1. The number of hydrogen-bond donors (Lipinski definition) is 3. The zero-order chi connectivity index (χ0) is 20.2. The van der Waals surface area contributed by atoms with E-state index >= 15 is 0 Å². The summed E-state index contributed by atoms with van der Waals surface area (Å²) < 4.78 is 8.57. The fourth-order valence-electron chi connectivity index (χ4n) is 3.24. The van der Waals surface area contributed by atoms with Crippen LogP contribution in [0.25, 0.3) is 11.0 Å². The number of anilines is 1. The summed E-state index contributed by atoms with van der Waals surface area (Å²) in [5, 5.41) is 14.1. The molecule has 29 heavy (non-hydrogen) atoms. The SMILES string of the molecule is CCOC(=O)c1cnc2[nH]ccc2c1N[C@H]1C[C@@H](NSc2cc(C#N)ccn2)C1. The monoisotopic (exact) mass is 408 g/mol. The second-order valence-corrected chi connectivity index (χ2v) is 7.59. The third kappa shape index (κ3) is 4.18. The molecule has 0 unspecified atom stereocenters. The van der Waals surface area contributed by atoms with E-state index in [1.165, 1.54) is 11.9 Å². The van der Waals surface area contributed by atoms with E-state index in [-0.39, 0.29) is 12.0 Å². The van der Waals surface area contributed by atoms with Gasteiger partial charge in [0, 0.05) is 36.1 Å². The maximum absolute atomic E-state index is 12.3.